The van der Waals surface area contributed by atoms with Crippen molar-refractivity contribution >= 4 is 34.4 Å². The monoisotopic (exact) mass is 748 g/mol. The zero-order chi connectivity index (χ0) is 38.9. The number of aromatic hydroxyl groups is 1. The highest BCUT2D eigenvalue weighted by Gasteiger charge is 2.51. The summed E-state index contributed by atoms with van der Waals surface area (Å²) in [5.41, 5.74) is -0.0318. The quantitative estimate of drug-likeness (QED) is 0.0289. The molecule has 1 aromatic heterocycles. The Kier molecular flexibility index (Phi) is 15.4. The number of esters is 1. The number of carbonyl (C=O) groups is 3. The molecule has 11 heteroatoms. The van der Waals surface area contributed by atoms with Crippen LogP contribution < -0.4 is 10.1 Å². The summed E-state index contributed by atoms with van der Waals surface area (Å²) in [6.45, 7) is 2.79. The number of nitrogens with zero attached hydrogens (tertiary/aromatic N) is 3. The number of nitrogens with one attached hydrogen (secondary N) is 1. The number of hydrogen-bond acceptors (Lipinski definition) is 9. The van der Waals surface area contributed by atoms with E-state index >= 15 is 0 Å². The van der Waals surface area contributed by atoms with E-state index in [1.165, 1.54) is 71.0 Å². The number of benzene rings is 4. The third-order valence-electron chi connectivity index (χ3n) is 9.59. The number of carbonyl (C=O) groups excluding carboxylic acids is 3. The molecule has 0 aliphatic carbocycles. The molecule has 1 amide bonds. The molecule has 0 aliphatic rings. The van der Waals surface area contributed by atoms with Crippen LogP contribution in [-0.4, -0.2) is 51.5 Å². The SMILES string of the molecule is CCCCCCCCCCCCCCOC(=O)c1cccc(NC(=O)C(OC)(C(=O)c2ccccc2)n2nnc3cc(OCc4ccc(O)cc4)ccc32)c1. The van der Waals surface area contributed by atoms with Crippen LogP contribution in [0.4, 0.5) is 5.69 Å². The topological polar surface area (TPSA) is 142 Å². The van der Waals surface area contributed by atoms with E-state index in [1.54, 1.807) is 91.0 Å². The van der Waals surface area contributed by atoms with E-state index in [4.69, 9.17) is 14.2 Å². The van der Waals surface area contributed by atoms with E-state index in [2.05, 4.69) is 22.6 Å². The van der Waals surface area contributed by atoms with Gasteiger partial charge in [-0.3, -0.25) is 9.59 Å². The van der Waals surface area contributed by atoms with E-state index < -0.39 is 23.4 Å². The lowest BCUT2D eigenvalue weighted by Crippen LogP contribution is -2.54. The van der Waals surface area contributed by atoms with Crippen LogP contribution in [0.3, 0.4) is 0 Å². The zero-order valence-electron chi connectivity index (χ0n) is 31.9. The number of anilines is 1. The molecule has 4 aromatic carbocycles. The van der Waals surface area contributed by atoms with Gasteiger partial charge in [0.05, 0.1) is 17.7 Å². The number of ketones is 1. The Morgan fingerprint density at radius 1 is 0.745 bits per heavy atom. The van der Waals surface area contributed by atoms with Gasteiger partial charge in [-0.2, -0.15) is 4.68 Å². The molecule has 0 spiro atoms. The maximum atomic E-state index is 14.4. The Balaban J connectivity index is 1.23. The van der Waals surface area contributed by atoms with Crippen molar-refractivity contribution in [2.45, 2.75) is 96.3 Å². The first kappa shape index (κ1) is 40.6. The average molecular weight is 749 g/mol. The number of unbranched alkanes of at least 4 members (excludes halogenated alkanes) is 11. The Morgan fingerprint density at radius 2 is 1.40 bits per heavy atom. The Bertz CT molecular complexity index is 1980. The average Bonchev–Trinajstić information content (AvgIpc) is 3.63. The number of phenols is 1. The van der Waals surface area contributed by atoms with Crippen LogP contribution in [0, 0.1) is 0 Å². The fourth-order valence-corrected chi connectivity index (χ4v) is 6.47. The first-order chi connectivity index (χ1) is 26.8. The van der Waals surface area contributed by atoms with Crippen LogP contribution in [0.1, 0.15) is 110 Å². The standard InChI is InChI=1S/C44H52N4O7/c1-3-4-5-6-7-8-9-10-11-12-13-17-29-54-42(51)35-21-18-22-36(30-35)45-43(52)44(53-2,41(50)34-19-15-14-16-20-34)48-40-28-27-38(31-39(40)46-47-48)55-32-33-23-25-37(49)26-24-33/h14-16,18-28,30-31,49H,3-13,17,29,32H2,1-2H3,(H,45,52). The number of rotatable bonds is 23. The second-order valence-corrected chi connectivity index (χ2v) is 13.7. The predicted octanol–water partition coefficient (Wildman–Crippen LogP) is 9.39. The van der Waals surface area contributed by atoms with Gasteiger partial charge in [-0.1, -0.05) is 131 Å². The van der Waals surface area contributed by atoms with Crippen LogP contribution in [0.2, 0.25) is 0 Å². The molecule has 1 heterocycles. The summed E-state index contributed by atoms with van der Waals surface area (Å²) in [6, 6.07) is 26.3. The summed E-state index contributed by atoms with van der Waals surface area (Å²) in [6.07, 6.45) is 14.6. The molecule has 0 fully saturated rings. The van der Waals surface area contributed by atoms with Crippen molar-refractivity contribution in [2.75, 3.05) is 19.0 Å². The van der Waals surface area contributed by atoms with Crippen molar-refractivity contribution in [3.05, 3.63) is 114 Å². The molecule has 5 rings (SSSR count). The van der Waals surface area contributed by atoms with E-state index in [0.717, 1.165) is 29.5 Å². The number of phenolic OH excluding ortho intramolecular Hbond substituents is 1. The van der Waals surface area contributed by atoms with Gasteiger partial charge in [0.25, 0.3) is 5.91 Å². The first-order valence-corrected chi connectivity index (χ1v) is 19.4. The highest BCUT2D eigenvalue weighted by molar-refractivity contribution is 6.18. The molecule has 0 radical (unpaired) electrons. The van der Waals surface area contributed by atoms with Crippen LogP contribution in [0.5, 0.6) is 11.5 Å². The van der Waals surface area contributed by atoms with Crippen molar-refractivity contribution in [1.82, 2.24) is 15.0 Å². The smallest absolute Gasteiger partial charge is 0.338 e. The first-order valence-electron chi connectivity index (χ1n) is 19.4. The van der Waals surface area contributed by atoms with Crippen LogP contribution in [0.25, 0.3) is 11.0 Å². The zero-order valence-corrected chi connectivity index (χ0v) is 31.9. The number of hydrogen-bond donors (Lipinski definition) is 2. The molecule has 1 atom stereocenters. The summed E-state index contributed by atoms with van der Waals surface area (Å²) in [5.74, 6) is -1.37. The predicted molar refractivity (Wildman–Crippen MR) is 212 cm³/mol. The van der Waals surface area contributed by atoms with Gasteiger partial charge < -0.3 is 24.6 Å². The molecule has 290 valence electrons. The van der Waals surface area contributed by atoms with Crippen LogP contribution in [-0.2, 0) is 26.6 Å². The largest absolute Gasteiger partial charge is 0.508 e. The molecular formula is C44H52N4O7. The highest BCUT2D eigenvalue weighted by atomic mass is 16.5. The van der Waals surface area contributed by atoms with Crippen molar-refractivity contribution in [3.8, 4) is 11.5 Å². The lowest BCUT2D eigenvalue weighted by atomic mass is 9.98. The number of amides is 1. The van der Waals surface area contributed by atoms with Gasteiger partial charge in [-0.25, -0.2) is 4.79 Å². The second kappa shape index (κ2) is 20.8. The van der Waals surface area contributed by atoms with E-state index in [1.807, 2.05) is 0 Å². The minimum absolute atomic E-state index is 0.160. The molecular weight excluding hydrogens is 697 g/mol. The number of Topliss-reactive ketones (excluding diaryl/α,β-unsaturated/α-hetero) is 1. The van der Waals surface area contributed by atoms with Crippen molar-refractivity contribution in [2.24, 2.45) is 0 Å². The van der Waals surface area contributed by atoms with Gasteiger partial charge >= 0.3 is 11.7 Å². The van der Waals surface area contributed by atoms with Crippen molar-refractivity contribution in [1.29, 1.82) is 0 Å². The second-order valence-electron chi connectivity index (χ2n) is 13.7. The molecule has 0 aliphatic heterocycles. The van der Waals surface area contributed by atoms with Gasteiger partial charge in [-0.15, -0.1) is 5.10 Å². The number of ether oxygens (including phenoxy) is 3. The third kappa shape index (κ3) is 11.0. The minimum atomic E-state index is -2.32. The fraction of sp³-hybridized carbons (Fsp3) is 0.386. The van der Waals surface area contributed by atoms with Crippen molar-refractivity contribution in [3.63, 3.8) is 0 Å². The molecule has 0 bridgehead atoms. The summed E-state index contributed by atoms with van der Waals surface area (Å²) < 4.78 is 18.5. The summed E-state index contributed by atoms with van der Waals surface area (Å²) in [7, 11) is 1.26. The number of fused-ring (bicyclic) bond motifs is 1. The Hall–Kier alpha value is -5.55. The van der Waals surface area contributed by atoms with E-state index in [-0.39, 0.29) is 29.2 Å². The van der Waals surface area contributed by atoms with Gasteiger partial charge in [0.2, 0.25) is 5.78 Å². The summed E-state index contributed by atoms with van der Waals surface area (Å²) in [4.78, 5) is 41.6. The normalized spacial score (nSPS) is 12.3. The Labute approximate surface area is 323 Å². The van der Waals surface area contributed by atoms with Gasteiger partial charge in [0, 0.05) is 24.4 Å². The van der Waals surface area contributed by atoms with Gasteiger partial charge in [-0.05, 0) is 54.4 Å². The number of aromatic nitrogens is 3. The lowest BCUT2D eigenvalue weighted by Gasteiger charge is -2.30. The minimum Gasteiger partial charge on any atom is -0.508 e. The number of methoxy groups -OCH3 is 1. The van der Waals surface area contributed by atoms with E-state index in [9.17, 15) is 19.5 Å². The molecule has 5 aromatic rings. The Morgan fingerprint density at radius 3 is 2.07 bits per heavy atom. The van der Waals surface area contributed by atoms with Crippen LogP contribution in [0.15, 0.2) is 97.1 Å². The van der Waals surface area contributed by atoms with E-state index in [0.29, 0.717) is 23.4 Å². The molecule has 0 saturated heterocycles. The molecule has 2 N–H and O–H groups in total. The van der Waals surface area contributed by atoms with Gasteiger partial charge in [0.15, 0.2) is 0 Å². The maximum Gasteiger partial charge on any atom is 0.338 e. The summed E-state index contributed by atoms with van der Waals surface area (Å²) in [5, 5.41) is 20.9. The molecule has 55 heavy (non-hydrogen) atoms. The molecule has 0 saturated carbocycles. The maximum absolute atomic E-state index is 14.4. The van der Waals surface area contributed by atoms with Crippen molar-refractivity contribution < 1.29 is 33.7 Å². The third-order valence-corrected chi connectivity index (χ3v) is 9.59. The highest BCUT2D eigenvalue weighted by Crippen LogP contribution is 2.31. The van der Waals surface area contributed by atoms with Gasteiger partial charge in [0.1, 0.15) is 23.6 Å². The van der Waals surface area contributed by atoms with Crippen LogP contribution >= 0.6 is 0 Å². The summed E-state index contributed by atoms with van der Waals surface area (Å²) >= 11 is 0. The molecule has 11 nitrogen and oxygen atoms in total. The lowest BCUT2D eigenvalue weighted by molar-refractivity contribution is -0.143. The fourth-order valence-electron chi connectivity index (χ4n) is 6.47. The molecule has 1 unspecified atom stereocenters.